The van der Waals surface area contributed by atoms with E-state index in [1.54, 1.807) is 18.9 Å². The van der Waals surface area contributed by atoms with Gasteiger partial charge in [0.05, 0.1) is 19.1 Å². The number of likely N-dealkylation sites (tertiary alicyclic amines) is 1. The molecule has 122 valence electrons. The van der Waals surface area contributed by atoms with Gasteiger partial charge in [-0.2, -0.15) is 0 Å². The molecule has 21 heavy (non-hydrogen) atoms. The molecule has 0 radical (unpaired) electrons. The van der Waals surface area contributed by atoms with E-state index in [1.165, 1.54) is 0 Å². The van der Waals surface area contributed by atoms with Crippen molar-refractivity contribution in [3.8, 4) is 0 Å². The first-order valence-corrected chi connectivity index (χ1v) is 7.38. The number of carbonyl (C=O) groups is 2. The minimum atomic E-state index is -0.798. The first-order chi connectivity index (χ1) is 10.1. The number of nitrogens with one attached hydrogen (secondary N) is 1. The van der Waals surface area contributed by atoms with E-state index in [0.29, 0.717) is 39.5 Å². The Hall–Kier alpha value is -1.34. The quantitative estimate of drug-likeness (QED) is 0.583. The third kappa shape index (κ3) is 6.31. The predicted octanol–water partition coefficient (Wildman–Crippen LogP) is 0.792. The van der Waals surface area contributed by atoms with E-state index in [1.807, 2.05) is 0 Å². The van der Waals surface area contributed by atoms with Crippen LogP contribution in [0.2, 0.25) is 0 Å². The number of carboxylic acids is 1. The Morgan fingerprint density at radius 1 is 1.29 bits per heavy atom. The Labute approximate surface area is 125 Å². The zero-order chi connectivity index (χ0) is 15.7. The van der Waals surface area contributed by atoms with Crippen LogP contribution in [0.25, 0.3) is 0 Å². The fourth-order valence-corrected chi connectivity index (χ4v) is 2.08. The summed E-state index contributed by atoms with van der Waals surface area (Å²) in [5.74, 6) is -1.12. The lowest BCUT2D eigenvalue weighted by molar-refractivity contribution is -0.144. The second-order valence-corrected chi connectivity index (χ2v) is 5.34. The smallest absolute Gasteiger partial charge is 0.317 e. The third-order valence-corrected chi connectivity index (χ3v) is 3.72. The van der Waals surface area contributed by atoms with Gasteiger partial charge >= 0.3 is 12.0 Å². The molecule has 0 aliphatic carbocycles. The molecule has 0 saturated carbocycles. The zero-order valence-electron chi connectivity index (χ0n) is 12.8. The number of unbranched alkanes of at least 4 members (excludes halogenated alkanes) is 1. The number of ether oxygens (including phenoxy) is 2. The summed E-state index contributed by atoms with van der Waals surface area (Å²) in [5, 5.41) is 11.7. The van der Waals surface area contributed by atoms with Gasteiger partial charge in [-0.05, 0) is 12.8 Å². The minimum Gasteiger partial charge on any atom is -0.481 e. The Morgan fingerprint density at radius 3 is 2.62 bits per heavy atom. The third-order valence-electron chi connectivity index (χ3n) is 3.72. The number of rotatable bonds is 10. The molecule has 0 bridgehead atoms. The number of nitrogens with zero attached hydrogens (tertiary/aromatic N) is 1. The van der Waals surface area contributed by atoms with Crippen LogP contribution in [0.5, 0.6) is 0 Å². The van der Waals surface area contributed by atoms with Gasteiger partial charge in [0.1, 0.15) is 0 Å². The Kier molecular flexibility index (Phi) is 8.07. The van der Waals surface area contributed by atoms with Crippen LogP contribution in [-0.4, -0.2) is 68.6 Å². The van der Waals surface area contributed by atoms with Gasteiger partial charge in [-0.15, -0.1) is 0 Å². The van der Waals surface area contributed by atoms with Crippen molar-refractivity contribution < 1.29 is 24.2 Å². The molecule has 0 aromatic carbocycles. The van der Waals surface area contributed by atoms with Crippen LogP contribution in [0.4, 0.5) is 4.79 Å². The highest BCUT2D eigenvalue weighted by molar-refractivity contribution is 5.76. The van der Waals surface area contributed by atoms with Crippen molar-refractivity contribution in [3.05, 3.63) is 0 Å². The molecular weight excluding hydrogens is 276 g/mol. The summed E-state index contributed by atoms with van der Waals surface area (Å²) >= 11 is 0. The lowest BCUT2D eigenvalue weighted by Crippen LogP contribution is -2.56. The molecule has 1 aliphatic heterocycles. The first-order valence-electron chi connectivity index (χ1n) is 7.38. The SMILES string of the molecule is COCCOCCCCNC(=O)N1CC(C(C)C(=O)O)C1. The maximum atomic E-state index is 11.8. The molecule has 2 amide bonds. The lowest BCUT2D eigenvalue weighted by atomic mass is 9.87. The molecule has 2 N–H and O–H groups in total. The summed E-state index contributed by atoms with van der Waals surface area (Å²) in [6.07, 6.45) is 1.75. The molecular formula is C14H26N2O5. The van der Waals surface area contributed by atoms with Gasteiger partial charge in [-0.3, -0.25) is 4.79 Å². The summed E-state index contributed by atoms with van der Waals surface area (Å²) in [5.41, 5.74) is 0. The average molecular weight is 302 g/mol. The molecule has 1 saturated heterocycles. The average Bonchev–Trinajstić information content (AvgIpc) is 2.39. The van der Waals surface area contributed by atoms with Gasteiger partial charge in [0.15, 0.2) is 0 Å². The van der Waals surface area contributed by atoms with Crippen LogP contribution in [0.1, 0.15) is 19.8 Å². The summed E-state index contributed by atoms with van der Waals surface area (Å²) in [6, 6.07) is -0.107. The van der Waals surface area contributed by atoms with Crippen molar-refractivity contribution in [1.29, 1.82) is 0 Å². The van der Waals surface area contributed by atoms with E-state index in [4.69, 9.17) is 14.6 Å². The van der Waals surface area contributed by atoms with Gasteiger partial charge in [0, 0.05) is 39.3 Å². The largest absolute Gasteiger partial charge is 0.481 e. The Balaban J connectivity index is 1.97. The van der Waals surface area contributed by atoms with Crippen molar-refractivity contribution in [2.24, 2.45) is 11.8 Å². The molecule has 1 unspecified atom stereocenters. The van der Waals surface area contributed by atoms with Crippen molar-refractivity contribution in [1.82, 2.24) is 10.2 Å². The number of carbonyl (C=O) groups excluding carboxylic acids is 1. The second-order valence-electron chi connectivity index (χ2n) is 5.34. The maximum absolute atomic E-state index is 11.8. The number of hydrogen-bond acceptors (Lipinski definition) is 4. The van der Waals surface area contributed by atoms with Crippen molar-refractivity contribution in [2.75, 3.05) is 46.6 Å². The normalized spacial score (nSPS) is 16.4. The van der Waals surface area contributed by atoms with Gasteiger partial charge in [-0.1, -0.05) is 6.92 Å². The van der Waals surface area contributed by atoms with Gasteiger partial charge < -0.3 is 24.8 Å². The van der Waals surface area contributed by atoms with E-state index in [-0.39, 0.29) is 11.9 Å². The van der Waals surface area contributed by atoms with E-state index < -0.39 is 11.9 Å². The van der Waals surface area contributed by atoms with Gasteiger partial charge in [0.2, 0.25) is 0 Å². The topological polar surface area (TPSA) is 88.1 Å². The van der Waals surface area contributed by atoms with Crippen LogP contribution < -0.4 is 5.32 Å². The fourth-order valence-electron chi connectivity index (χ4n) is 2.08. The number of carboxylic acid groups (broad SMARTS) is 1. The summed E-state index contributed by atoms with van der Waals surface area (Å²) in [4.78, 5) is 24.2. The molecule has 1 heterocycles. The molecule has 7 nitrogen and oxygen atoms in total. The second kappa shape index (κ2) is 9.57. The summed E-state index contributed by atoms with van der Waals surface area (Å²) in [7, 11) is 1.64. The molecule has 0 aromatic heterocycles. The highest BCUT2D eigenvalue weighted by Crippen LogP contribution is 2.23. The van der Waals surface area contributed by atoms with Crippen molar-refractivity contribution in [2.45, 2.75) is 19.8 Å². The monoisotopic (exact) mass is 302 g/mol. The fraction of sp³-hybridized carbons (Fsp3) is 0.857. The van der Waals surface area contributed by atoms with Gasteiger partial charge in [-0.25, -0.2) is 4.79 Å². The molecule has 7 heteroatoms. The number of urea groups is 1. The minimum absolute atomic E-state index is 0.0717. The summed E-state index contributed by atoms with van der Waals surface area (Å²) < 4.78 is 10.2. The highest BCUT2D eigenvalue weighted by Gasteiger charge is 2.36. The Bertz CT molecular complexity index is 331. The molecule has 0 spiro atoms. The lowest BCUT2D eigenvalue weighted by Gasteiger charge is -2.41. The van der Waals surface area contributed by atoms with Gasteiger partial charge in [0.25, 0.3) is 0 Å². The molecule has 1 fully saturated rings. The van der Waals surface area contributed by atoms with E-state index >= 15 is 0 Å². The molecule has 1 aliphatic rings. The van der Waals surface area contributed by atoms with Crippen LogP contribution in [0.15, 0.2) is 0 Å². The predicted molar refractivity (Wildman–Crippen MR) is 77.2 cm³/mol. The van der Waals surface area contributed by atoms with Crippen LogP contribution in [0.3, 0.4) is 0 Å². The summed E-state index contributed by atoms with van der Waals surface area (Å²) in [6.45, 7) is 5.22. The molecule has 0 aromatic rings. The molecule has 1 atom stereocenters. The standard InChI is InChI=1S/C14H26N2O5/c1-11(13(17)18)12-9-16(10-12)14(19)15-5-3-4-6-21-8-7-20-2/h11-12H,3-10H2,1-2H3,(H,15,19)(H,17,18). The molecule has 1 rings (SSSR count). The highest BCUT2D eigenvalue weighted by atomic mass is 16.5. The number of aliphatic carboxylic acids is 1. The van der Waals surface area contributed by atoms with E-state index in [0.717, 1.165) is 12.8 Å². The van der Waals surface area contributed by atoms with E-state index in [2.05, 4.69) is 5.32 Å². The van der Waals surface area contributed by atoms with Crippen molar-refractivity contribution in [3.63, 3.8) is 0 Å². The first kappa shape index (κ1) is 17.7. The van der Waals surface area contributed by atoms with Crippen LogP contribution in [0, 0.1) is 11.8 Å². The maximum Gasteiger partial charge on any atom is 0.317 e. The Morgan fingerprint density at radius 2 is 2.00 bits per heavy atom. The van der Waals surface area contributed by atoms with Crippen LogP contribution in [-0.2, 0) is 14.3 Å². The van der Waals surface area contributed by atoms with Crippen LogP contribution >= 0.6 is 0 Å². The number of amides is 2. The zero-order valence-corrected chi connectivity index (χ0v) is 12.8. The van der Waals surface area contributed by atoms with Crippen molar-refractivity contribution >= 4 is 12.0 Å². The number of hydrogen-bond donors (Lipinski definition) is 2. The van der Waals surface area contributed by atoms with E-state index in [9.17, 15) is 9.59 Å². The number of methoxy groups -OCH3 is 1.